The van der Waals surface area contributed by atoms with E-state index >= 15 is 0 Å². The van der Waals surface area contributed by atoms with Crippen LogP contribution in [0.5, 0.6) is 0 Å². The fourth-order valence-electron chi connectivity index (χ4n) is 2.85. The van der Waals surface area contributed by atoms with Gasteiger partial charge in [-0.3, -0.25) is 0 Å². The Labute approximate surface area is 128 Å². The summed E-state index contributed by atoms with van der Waals surface area (Å²) in [5.41, 5.74) is 1.13. The van der Waals surface area contributed by atoms with Crippen molar-refractivity contribution < 1.29 is 4.74 Å². The van der Waals surface area contributed by atoms with Gasteiger partial charge in [-0.05, 0) is 26.7 Å². The number of hydrogen-bond acceptors (Lipinski definition) is 5. The largest absolute Gasteiger partial charge is 0.375 e. The first kappa shape index (κ1) is 16.0. The maximum absolute atomic E-state index is 5.81. The first-order valence-corrected chi connectivity index (χ1v) is 8.04. The van der Waals surface area contributed by atoms with Crippen LogP contribution in [0.25, 0.3) is 0 Å². The van der Waals surface area contributed by atoms with Crippen molar-refractivity contribution in [1.29, 1.82) is 0 Å². The van der Waals surface area contributed by atoms with Gasteiger partial charge in [-0.1, -0.05) is 13.8 Å². The molecule has 2 atom stereocenters. The van der Waals surface area contributed by atoms with Crippen LogP contribution in [0.3, 0.4) is 0 Å². The van der Waals surface area contributed by atoms with Crippen LogP contribution in [-0.4, -0.2) is 42.3 Å². The summed E-state index contributed by atoms with van der Waals surface area (Å²) in [5.74, 6) is 2.94. The molecule has 1 fully saturated rings. The third kappa shape index (κ3) is 3.46. The molecule has 1 aliphatic rings. The molecule has 0 bridgehead atoms. The van der Waals surface area contributed by atoms with Crippen molar-refractivity contribution >= 4 is 11.6 Å². The topological polar surface area (TPSA) is 50.3 Å². The van der Waals surface area contributed by atoms with Crippen LogP contribution in [0.1, 0.15) is 45.0 Å². The van der Waals surface area contributed by atoms with Gasteiger partial charge in [0.05, 0.1) is 18.8 Å². The molecule has 2 rings (SSSR count). The predicted molar refractivity (Wildman–Crippen MR) is 87.1 cm³/mol. The molecule has 0 aromatic carbocycles. The van der Waals surface area contributed by atoms with Crippen LogP contribution in [-0.2, 0) is 11.2 Å². The smallest absolute Gasteiger partial charge is 0.137 e. The Bertz CT molecular complexity index is 478. The minimum Gasteiger partial charge on any atom is -0.375 e. The Balaban J connectivity index is 2.41. The highest BCUT2D eigenvalue weighted by atomic mass is 16.5. The second kappa shape index (κ2) is 7.07. The summed E-state index contributed by atoms with van der Waals surface area (Å²) in [6.45, 7) is 10.3. The van der Waals surface area contributed by atoms with E-state index in [2.05, 4.69) is 42.9 Å². The normalized spacial score (nSPS) is 22.4. The van der Waals surface area contributed by atoms with Crippen molar-refractivity contribution in [2.24, 2.45) is 0 Å². The molecule has 1 aliphatic heterocycles. The van der Waals surface area contributed by atoms with Gasteiger partial charge >= 0.3 is 0 Å². The zero-order chi connectivity index (χ0) is 15.4. The Morgan fingerprint density at radius 3 is 2.71 bits per heavy atom. The van der Waals surface area contributed by atoms with E-state index in [1.165, 1.54) is 0 Å². The predicted octanol–water partition coefficient (Wildman–Crippen LogP) is 2.78. The molecule has 0 radical (unpaired) electrons. The number of hydrogen-bond donors (Lipinski definition) is 1. The average Bonchev–Trinajstić information content (AvgIpc) is 2.49. The van der Waals surface area contributed by atoms with Crippen molar-refractivity contribution in [3.8, 4) is 0 Å². The highest BCUT2D eigenvalue weighted by molar-refractivity contribution is 5.59. The lowest BCUT2D eigenvalue weighted by atomic mass is 10.1. The van der Waals surface area contributed by atoms with Crippen molar-refractivity contribution in [2.75, 3.05) is 30.4 Å². The van der Waals surface area contributed by atoms with Gasteiger partial charge in [-0.2, -0.15) is 0 Å². The van der Waals surface area contributed by atoms with E-state index in [0.29, 0.717) is 6.04 Å². The molecule has 0 spiro atoms. The fraction of sp³-hybridized carbons (Fsp3) is 0.750. The Hall–Kier alpha value is -1.36. The number of nitrogens with one attached hydrogen (secondary N) is 1. The highest BCUT2D eigenvalue weighted by Gasteiger charge is 2.28. The van der Waals surface area contributed by atoms with Gasteiger partial charge in [0, 0.05) is 25.6 Å². The number of ether oxygens (including phenoxy) is 1. The second-order valence-electron chi connectivity index (χ2n) is 5.80. The SMILES string of the molecule is CCCc1nc(NC)c(C)c(N2CC(C)OCC2CC)n1. The lowest BCUT2D eigenvalue weighted by Crippen LogP contribution is -2.49. The third-order valence-corrected chi connectivity index (χ3v) is 4.09. The van der Waals surface area contributed by atoms with Gasteiger partial charge in [0.1, 0.15) is 17.5 Å². The van der Waals surface area contributed by atoms with E-state index < -0.39 is 0 Å². The molecule has 5 nitrogen and oxygen atoms in total. The van der Waals surface area contributed by atoms with Crippen LogP contribution >= 0.6 is 0 Å². The first-order chi connectivity index (χ1) is 10.1. The van der Waals surface area contributed by atoms with Crippen LogP contribution in [0, 0.1) is 6.92 Å². The lowest BCUT2D eigenvalue weighted by molar-refractivity contribution is 0.0295. The molecule has 0 amide bonds. The molecule has 2 unspecified atom stereocenters. The molecule has 0 saturated carbocycles. The highest BCUT2D eigenvalue weighted by Crippen LogP contribution is 2.28. The summed E-state index contributed by atoms with van der Waals surface area (Å²) >= 11 is 0. The number of morpholine rings is 1. The van der Waals surface area contributed by atoms with Gasteiger partial charge in [-0.15, -0.1) is 0 Å². The molecule has 1 N–H and O–H groups in total. The molecule has 1 aromatic rings. The fourth-order valence-corrected chi connectivity index (χ4v) is 2.85. The van der Waals surface area contributed by atoms with Crippen molar-refractivity contribution in [3.63, 3.8) is 0 Å². The molecule has 21 heavy (non-hydrogen) atoms. The van der Waals surface area contributed by atoms with Gasteiger partial charge in [0.25, 0.3) is 0 Å². The van der Waals surface area contributed by atoms with Gasteiger partial charge in [-0.25, -0.2) is 9.97 Å². The molecule has 5 heteroatoms. The van der Waals surface area contributed by atoms with Crippen molar-refractivity contribution in [2.45, 2.75) is 59.1 Å². The number of nitrogens with zero attached hydrogens (tertiary/aromatic N) is 3. The summed E-state index contributed by atoms with van der Waals surface area (Å²) < 4.78 is 5.81. The number of aryl methyl sites for hydroxylation is 1. The quantitative estimate of drug-likeness (QED) is 0.904. The first-order valence-electron chi connectivity index (χ1n) is 8.04. The number of aromatic nitrogens is 2. The van der Waals surface area contributed by atoms with Crippen molar-refractivity contribution in [1.82, 2.24) is 9.97 Å². The lowest BCUT2D eigenvalue weighted by Gasteiger charge is -2.40. The molecule has 2 heterocycles. The van der Waals surface area contributed by atoms with E-state index in [9.17, 15) is 0 Å². The van der Waals surface area contributed by atoms with E-state index in [1.807, 2.05) is 7.05 Å². The molecule has 1 saturated heterocycles. The minimum absolute atomic E-state index is 0.245. The van der Waals surface area contributed by atoms with E-state index in [0.717, 1.165) is 55.4 Å². The third-order valence-electron chi connectivity index (χ3n) is 4.09. The Morgan fingerprint density at radius 1 is 1.33 bits per heavy atom. The average molecular weight is 292 g/mol. The molecule has 0 aliphatic carbocycles. The zero-order valence-electron chi connectivity index (χ0n) is 13.9. The zero-order valence-corrected chi connectivity index (χ0v) is 13.9. The van der Waals surface area contributed by atoms with Crippen LogP contribution < -0.4 is 10.2 Å². The minimum atomic E-state index is 0.245. The number of anilines is 2. The van der Waals surface area contributed by atoms with Gasteiger partial charge in [0.15, 0.2) is 0 Å². The monoisotopic (exact) mass is 292 g/mol. The standard InChI is InChI=1S/C16H28N4O/c1-6-8-14-18-15(17-5)12(4)16(19-14)20-9-11(3)21-10-13(20)7-2/h11,13H,6-10H2,1-5H3,(H,17,18,19). The van der Waals surface area contributed by atoms with E-state index in [1.54, 1.807) is 0 Å². The summed E-state index contributed by atoms with van der Waals surface area (Å²) in [5, 5.41) is 3.21. The van der Waals surface area contributed by atoms with E-state index in [-0.39, 0.29) is 6.10 Å². The Kier molecular flexibility index (Phi) is 5.39. The molecular formula is C16H28N4O. The molecule has 1 aromatic heterocycles. The van der Waals surface area contributed by atoms with Crippen molar-refractivity contribution in [3.05, 3.63) is 11.4 Å². The maximum Gasteiger partial charge on any atom is 0.137 e. The molecule has 118 valence electrons. The summed E-state index contributed by atoms with van der Waals surface area (Å²) in [6, 6.07) is 0.397. The van der Waals surface area contributed by atoms with Gasteiger partial charge in [0.2, 0.25) is 0 Å². The maximum atomic E-state index is 5.81. The Morgan fingerprint density at radius 2 is 2.10 bits per heavy atom. The van der Waals surface area contributed by atoms with Crippen LogP contribution in [0.15, 0.2) is 0 Å². The van der Waals surface area contributed by atoms with Crippen LogP contribution in [0.4, 0.5) is 11.6 Å². The summed E-state index contributed by atoms with van der Waals surface area (Å²) in [7, 11) is 1.92. The summed E-state index contributed by atoms with van der Waals surface area (Å²) in [4.78, 5) is 11.9. The van der Waals surface area contributed by atoms with Gasteiger partial charge < -0.3 is 15.0 Å². The number of rotatable bonds is 5. The van der Waals surface area contributed by atoms with E-state index in [4.69, 9.17) is 9.72 Å². The van der Waals surface area contributed by atoms with Crippen LogP contribution in [0.2, 0.25) is 0 Å². The molecular weight excluding hydrogens is 264 g/mol. The second-order valence-corrected chi connectivity index (χ2v) is 5.80. The summed E-state index contributed by atoms with van der Waals surface area (Å²) in [6.07, 6.45) is 3.28.